The van der Waals surface area contributed by atoms with Crippen molar-refractivity contribution in [2.45, 2.75) is 37.8 Å². The first-order valence-electron chi connectivity index (χ1n) is 9.51. The molecule has 1 aliphatic heterocycles. The molecule has 2 aromatic rings. The van der Waals surface area contributed by atoms with Crippen molar-refractivity contribution < 1.29 is 14.3 Å². The molecule has 0 aliphatic carbocycles. The number of nitriles is 1. The number of methoxy groups -OCH3 is 2. The minimum absolute atomic E-state index is 0.0345. The van der Waals surface area contributed by atoms with Gasteiger partial charge in [-0.15, -0.1) is 0 Å². The molecule has 1 unspecified atom stereocenters. The number of ether oxygens (including phenoxy) is 2. The van der Waals surface area contributed by atoms with Crippen LogP contribution in [-0.4, -0.2) is 42.3 Å². The number of carbonyl (C=O) groups is 1. The molecule has 1 aliphatic rings. The zero-order valence-corrected chi connectivity index (χ0v) is 18.0. The maximum absolute atomic E-state index is 13.0. The maximum Gasteiger partial charge on any atom is 0.233 e. The molecule has 0 spiro atoms. The van der Waals surface area contributed by atoms with E-state index in [1.807, 2.05) is 43.0 Å². The first-order valence-corrected chi connectivity index (χ1v) is 10.5. The Hall–Kier alpha value is -2.72. The molecule has 1 amide bonds. The third-order valence-corrected chi connectivity index (χ3v) is 6.08. The number of rotatable bonds is 6. The first kappa shape index (κ1) is 21.0. The Labute approximate surface area is 175 Å². The van der Waals surface area contributed by atoms with Gasteiger partial charge < -0.3 is 14.4 Å². The average Bonchev–Trinajstić information content (AvgIpc) is 3.21. The van der Waals surface area contributed by atoms with Crippen molar-refractivity contribution >= 4 is 17.7 Å². The quantitative estimate of drug-likeness (QED) is 0.668. The molecule has 2 heterocycles. The molecule has 0 saturated carbocycles. The Balaban J connectivity index is 1.79. The number of likely N-dealkylation sites (tertiary alicyclic amines) is 1. The van der Waals surface area contributed by atoms with Gasteiger partial charge in [0.2, 0.25) is 5.91 Å². The Morgan fingerprint density at radius 1 is 1.31 bits per heavy atom. The lowest BCUT2D eigenvalue weighted by Crippen LogP contribution is -2.32. The fourth-order valence-corrected chi connectivity index (χ4v) is 4.73. The van der Waals surface area contributed by atoms with Crippen LogP contribution >= 0.6 is 11.8 Å². The molecule has 29 heavy (non-hydrogen) atoms. The fraction of sp³-hybridized carbons (Fsp3) is 0.409. The van der Waals surface area contributed by atoms with Gasteiger partial charge in [0.25, 0.3) is 0 Å². The van der Waals surface area contributed by atoms with E-state index in [0.29, 0.717) is 17.1 Å². The predicted molar refractivity (Wildman–Crippen MR) is 112 cm³/mol. The van der Waals surface area contributed by atoms with Gasteiger partial charge in [-0.3, -0.25) is 4.79 Å². The second kappa shape index (κ2) is 9.19. The Kier molecular flexibility index (Phi) is 6.65. The summed E-state index contributed by atoms with van der Waals surface area (Å²) in [7, 11) is 3.26. The summed E-state index contributed by atoms with van der Waals surface area (Å²) in [5.74, 6) is 1.78. The lowest BCUT2D eigenvalue weighted by atomic mass is 10.0. The number of hydrogen-bond acceptors (Lipinski definition) is 6. The van der Waals surface area contributed by atoms with E-state index in [1.165, 1.54) is 11.8 Å². The van der Waals surface area contributed by atoms with Crippen molar-refractivity contribution in [3.63, 3.8) is 0 Å². The number of pyridine rings is 1. The van der Waals surface area contributed by atoms with Crippen LogP contribution in [0.3, 0.4) is 0 Å². The monoisotopic (exact) mass is 411 g/mol. The summed E-state index contributed by atoms with van der Waals surface area (Å²) in [5.41, 5.74) is 3.23. The van der Waals surface area contributed by atoms with E-state index in [9.17, 15) is 10.1 Å². The van der Waals surface area contributed by atoms with E-state index in [2.05, 4.69) is 11.1 Å². The van der Waals surface area contributed by atoms with Gasteiger partial charge in [0, 0.05) is 17.8 Å². The molecule has 1 atom stereocenters. The molecule has 0 N–H and O–H groups in total. The SMILES string of the molecule is COc1ccc(OC)c(C2CCCN2C(=O)CSc2nc(C)cc(C)c2C#N)c1. The summed E-state index contributed by atoms with van der Waals surface area (Å²) in [6, 6.07) is 9.73. The van der Waals surface area contributed by atoms with Gasteiger partial charge in [-0.05, 0) is 56.5 Å². The second-order valence-corrected chi connectivity index (χ2v) is 7.98. The maximum atomic E-state index is 13.0. The predicted octanol–water partition coefficient (Wildman–Crippen LogP) is 4.04. The number of thioether (sulfide) groups is 1. The zero-order chi connectivity index (χ0) is 21.0. The van der Waals surface area contributed by atoms with Crippen LogP contribution in [0.15, 0.2) is 29.3 Å². The Morgan fingerprint density at radius 2 is 2.10 bits per heavy atom. The minimum Gasteiger partial charge on any atom is -0.497 e. The Bertz CT molecular complexity index is 955. The molecule has 1 aromatic heterocycles. The highest BCUT2D eigenvalue weighted by Gasteiger charge is 2.32. The van der Waals surface area contributed by atoms with Gasteiger partial charge in [0.15, 0.2) is 0 Å². The van der Waals surface area contributed by atoms with Gasteiger partial charge in [-0.25, -0.2) is 4.98 Å². The molecular weight excluding hydrogens is 386 g/mol. The standard InChI is InChI=1S/C22H25N3O3S/c1-14-10-15(2)24-22(18(14)12-23)29-13-21(26)25-9-5-6-19(25)17-11-16(27-3)7-8-20(17)28-4/h7-8,10-11,19H,5-6,9,13H2,1-4H3. The van der Waals surface area contributed by atoms with Crippen molar-refractivity contribution in [3.8, 4) is 17.6 Å². The van der Waals surface area contributed by atoms with Crippen LogP contribution in [0.4, 0.5) is 0 Å². The molecule has 0 bridgehead atoms. The average molecular weight is 412 g/mol. The summed E-state index contributed by atoms with van der Waals surface area (Å²) >= 11 is 1.33. The highest BCUT2D eigenvalue weighted by molar-refractivity contribution is 8.00. The molecule has 1 fully saturated rings. The normalized spacial score (nSPS) is 15.8. The van der Waals surface area contributed by atoms with Gasteiger partial charge >= 0.3 is 0 Å². The minimum atomic E-state index is -0.0456. The molecule has 7 heteroatoms. The molecule has 152 valence electrons. The van der Waals surface area contributed by atoms with Crippen LogP contribution in [0.25, 0.3) is 0 Å². The van der Waals surface area contributed by atoms with Crippen LogP contribution in [0, 0.1) is 25.2 Å². The number of benzene rings is 1. The van der Waals surface area contributed by atoms with Crippen LogP contribution in [-0.2, 0) is 4.79 Å². The Morgan fingerprint density at radius 3 is 2.79 bits per heavy atom. The third kappa shape index (κ3) is 4.48. The number of aromatic nitrogens is 1. The molecule has 3 rings (SSSR count). The van der Waals surface area contributed by atoms with E-state index in [0.717, 1.165) is 41.2 Å². The van der Waals surface area contributed by atoms with Gasteiger partial charge in [-0.2, -0.15) is 5.26 Å². The van der Waals surface area contributed by atoms with E-state index in [1.54, 1.807) is 14.2 Å². The lowest BCUT2D eigenvalue weighted by molar-refractivity contribution is -0.129. The van der Waals surface area contributed by atoms with Crippen molar-refractivity contribution in [2.75, 3.05) is 26.5 Å². The number of hydrogen-bond donors (Lipinski definition) is 0. The van der Waals surface area contributed by atoms with Crippen molar-refractivity contribution in [1.29, 1.82) is 5.26 Å². The van der Waals surface area contributed by atoms with Crippen LogP contribution in [0.2, 0.25) is 0 Å². The van der Waals surface area contributed by atoms with E-state index >= 15 is 0 Å². The summed E-state index contributed by atoms with van der Waals surface area (Å²) in [4.78, 5) is 19.4. The molecular formula is C22H25N3O3S. The summed E-state index contributed by atoms with van der Waals surface area (Å²) < 4.78 is 10.9. The summed E-state index contributed by atoms with van der Waals surface area (Å²) in [5, 5.41) is 10.1. The highest BCUT2D eigenvalue weighted by atomic mass is 32.2. The highest BCUT2D eigenvalue weighted by Crippen LogP contribution is 2.39. The number of amides is 1. The van der Waals surface area contributed by atoms with Crippen LogP contribution in [0.5, 0.6) is 11.5 Å². The van der Waals surface area contributed by atoms with Crippen LogP contribution < -0.4 is 9.47 Å². The largest absolute Gasteiger partial charge is 0.497 e. The van der Waals surface area contributed by atoms with Crippen molar-refractivity contribution in [3.05, 3.63) is 46.6 Å². The third-order valence-electron chi connectivity index (χ3n) is 5.12. The zero-order valence-electron chi connectivity index (χ0n) is 17.2. The van der Waals surface area contributed by atoms with E-state index in [4.69, 9.17) is 9.47 Å². The molecule has 6 nitrogen and oxygen atoms in total. The van der Waals surface area contributed by atoms with Gasteiger partial charge in [0.05, 0.1) is 31.6 Å². The fourth-order valence-electron chi connectivity index (χ4n) is 3.74. The van der Waals surface area contributed by atoms with E-state index < -0.39 is 0 Å². The number of aryl methyl sites for hydroxylation is 2. The second-order valence-electron chi connectivity index (χ2n) is 7.01. The van der Waals surface area contributed by atoms with Gasteiger partial charge in [0.1, 0.15) is 22.6 Å². The van der Waals surface area contributed by atoms with Crippen molar-refractivity contribution in [2.24, 2.45) is 0 Å². The topological polar surface area (TPSA) is 75.5 Å². The summed E-state index contributed by atoms with van der Waals surface area (Å²) in [6.07, 6.45) is 1.82. The van der Waals surface area contributed by atoms with Crippen LogP contribution in [0.1, 0.15) is 41.3 Å². The number of carbonyl (C=O) groups excluding carboxylic acids is 1. The molecule has 1 aromatic carbocycles. The first-order chi connectivity index (χ1) is 14.0. The summed E-state index contributed by atoms with van der Waals surface area (Å²) in [6.45, 7) is 4.49. The lowest BCUT2D eigenvalue weighted by Gasteiger charge is -2.26. The van der Waals surface area contributed by atoms with Crippen molar-refractivity contribution in [1.82, 2.24) is 9.88 Å². The molecule has 1 saturated heterocycles. The smallest absolute Gasteiger partial charge is 0.233 e. The van der Waals surface area contributed by atoms with E-state index in [-0.39, 0.29) is 17.7 Å². The van der Waals surface area contributed by atoms with Gasteiger partial charge in [-0.1, -0.05) is 11.8 Å². The number of nitrogens with zero attached hydrogens (tertiary/aromatic N) is 3. The molecule has 0 radical (unpaired) electrons.